The molecule has 5 rings (SSSR count). The van der Waals surface area contributed by atoms with Gasteiger partial charge in [0.15, 0.2) is 0 Å². The van der Waals surface area contributed by atoms with E-state index in [0.29, 0.717) is 0 Å². The minimum absolute atomic E-state index is 0.0762. The molecule has 2 heterocycles. The number of piperidine rings is 1. The lowest BCUT2D eigenvalue weighted by molar-refractivity contribution is 0.134. The monoisotopic (exact) mass is 465 g/mol. The zero-order valence-electron chi connectivity index (χ0n) is 18.7. The lowest BCUT2D eigenvalue weighted by Gasteiger charge is -2.37. The van der Waals surface area contributed by atoms with Gasteiger partial charge in [0.1, 0.15) is 35.7 Å². The Bertz CT molecular complexity index is 1010. The van der Waals surface area contributed by atoms with Crippen LogP contribution in [0.25, 0.3) is 0 Å². The van der Waals surface area contributed by atoms with Crippen LogP contribution in [0.4, 0.5) is 0 Å². The van der Waals surface area contributed by atoms with E-state index >= 15 is 0 Å². The second kappa shape index (κ2) is 10.1. The molecule has 1 unspecified atom stereocenters. The Morgan fingerprint density at radius 1 is 1.00 bits per heavy atom. The highest BCUT2D eigenvalue weighted by molar-refractivity contribution is 7.99. The molecule has 174 valence electrons. The Balaban J connectivity index is 1.27. The molecule has 3 aliphatic rings. The predicted octanol–water partition coefficient (Wildman–Crippen LogP) is 5.65. The van der Waals surface area contributed by atoms with E-state index in [0.717, 1.165) is 41.5 Å². The minimum Gasteiger partial charge on any atom is -0.508 e. The normalized spacial score (nSPS) is 25.1. The standard InChI is InChI=1S/C27H31NO4S/c29-21-8-4-20(5-9-21)27-26(32-24-18-22(30)10-13-25(24)33-27)19-6-11-23(12-7-19)31-17-16-28-14-2-1-3-15-28/h4-6,8-13,18-19,26-27,29-30H,1-3,7,14-17H2/t19?,26-,27+/m1/s1. The van der Waals surface area contributed by atoms with Gasteiger partial charge < -0.3 is 19.7 Å². The number of phenolic OH excluding ortho intramolecular Hbond substituents is 2. The van der Waals surface area contributed by atoms with Crippen molar-refractivity contribution in [1.29, 1.82) is 0 Å². The molecular weight excluding hydrogens is 434 g/mol. The van der Waals surface area contributed by atoms with Gasteiger partial charge in [0, 0.05) is 18.5 Å². The van der Waals surface area contributed by atoms with Crippen molar-refractivity contribution in [3.8, 4) is 17.2 Å². The number of nitrogens with zero attached hydrogens (tertiary/aromatic N) is 1. The first kappa shape index (κ1) is 22.2. The molecule has 5 nitrogen and oxygen atoms in total. The van der Waals surface area contributed by atoms with Gasteiger partial charge in [-0.25, -0.2) is 0 Å². The maximum Gasteiger partial charge on any atom is 0.137 e. The second-order valence-corrected chi connectivity index (χ2v) is 10.1. The van der Waals surface area contributed by atoms with Crippen molar-refractivity contribution in [3.05, 3.63) is 72.0 Å². The van der Waals surface area contributed by atoms with Crippen LogP contribution < -0.4 is 4.74 Å². The molecule has 0 aromatic heterocycles. The number of fused-ring (bicyclic) bond motifs is 1. The molecule has 33 heavy (non-hydrogen) atoms. The van der Waals surface area contributed by atoms with Crippen LogP contribution in [0.5, 0.6) is 17.2 Å². The summed E-state index contributed by atoms with van der Waals surface area (Å²) in [6.07, 6.45) is 11.1. The number of hydrogen-bond acceptors (Lipinski definition) is 6. The molecule has 2 aliphatic heterocycles. The third-order valence-corrected chi connectivity index (χ3v) is 8.00. The number of hydrogen-bond donors (Lipinski definition) is 2. The van der Waals surface area contributed by atoms with Crippen LogP contribution in [0.15, 0.2) is 71.3 Å². The summed E-state index contributed by atoms with van der Waals surface area (Å²) in [5.41, 5.74) is 1.11. The average Bonchev–Trinajstić information content (AvgIpc) is 2.85. The first-order valence-corrected chi connectivity index (χ1v) is 12.7. The Kier molecular flexibility index (Phi) is 6.83. The van der Waals surface area contributed by atoms with E-state index in [9.17, 15) is 10.2 Å². The molecule has 1 fully saturated rings. The summed E-state index contributed by atoms with van der Waals surface area (Å²) in [7, 11) is 0. The van der Waals surface area contributed by atoms with Crippen LogP contribution in [0, 0.1) is 5.92 Å². The van der Waals surface area contributed by atoms with Crippen LogP contribution in [0.3, 0.4) is 0 Å². The lowest BCUT2D eigenvalue weighted by atomic mass is 9.89. The molecule has 0 spiro atoms. The number of aromatic hydroxyl groups is 2. The summed E-state index contributed by atoms with van der Waals surface area (Å²) in [5, 5.41) is 19.8. The van der Waals surface area contributed by atoms with Crippen molar-refractivity contribution in [3.63, 3.8) is 0 Å². The van der Waals surface area contributed by atoms with Crippen molar-refractivity contribution in [2.75, 3.05) is 26.2 Å². The summed E-state index contributed by atoms with van der Waals surface area (Å²) in [6.45, 7) is 4.08. The Morgan fingerprint density at radius 3 is 2.55 bits per heavy atom. The van der Waals surface area contributed by atoms with Crippen LogP contribution in [-0.2, 0) is 4.74 Å². The van der Waals surface area contributed by atoms with Crippen molar-refractivity contribution in [2.45, 2.75) is 41.9 Å². The third-order valence-electron chi connectivity index (χ3n) is 6.61. The largest absolute Gasteiger partial charge is 0.508 e. The number of phenols is 2. The Morgan fingerprint density at radius 2 is 1.79 bits per heavy atom. The van der Waals surface area contributed by atoms with Gasteiger partial charge in [0.2, 0.25) is 0 Å². The van der Waals surface area contributed by atoms with Gasteiger partial charge in [-0.3, -0.25) is 4.90 Å². The number of benzene rings is 2. The molecule has 1 aliphatic carbocycles. The smallest absolute Gasteiger partial charge is 0.137 e. The van der Waals surface area contributed by atoms with Gasteiger partial charge in [0.05, 0.1) is 10.1 Å². The maximum atomic E-state index is 9.95. The topological polar surface area (TPSA) is 62.2 Å². The van der Waals surface area contributed by atoms with Crippen LogP contribution in [0.2, 0.25) is 0 Å². The van der Waals surface area contributed by atoms with Gasteiger partial charge in [0.25, 0.3) is 0 Å². The summed E-state index contributed by atoms with van der Waals surface area (Å²) < 4.78 is 12.5. The third kappa shape index (κ3) is 5.33. The Labute approximate surface area is 199 Å². The molecule has 0 radical (unpaired) electrons. The summed E-state index contributed by atoms with van der Waals surface area (Å²) in [4.78, 5) is 3.50. The average molecular weight is 466 g/mol. The van der Waals surface area contributed by atoms with Crippen molar-refractivity contribution in [1.82, 2.24) is 4.90 Å². The Hall–Kier alpha value is -2.57. The van der Waals surface area contributed by atoms with E-state index < -0.39 is 0 Å². The maximum absolute atomic E-state index is 9.95. The molecule has 2 aromatic rings. The molecule has 0 bridgehead atoms. The summed E-state index contributed by atoms with van der Waals surface area (Å²) >= 11 is 1.75. The van der Waals surface area contributed by atoms with E-state index in [1.807, 2.05) is 18.2 Å². The van der Waals surface area contributed by atoms with Crippen LogP contribution in [-0.4, -0.2) is 47.5 Å². The summed E-state index contributed by atoms with van der Waals surface area (Å²) in [5.74, 6) is 2.31. The number of allylic oxidation sites excluding steroid dienone is 2. The molecule has 1 saturated heterocycles. The second-order valence-electron chi connectivity index (χ2n) is 8.96. The van der Waals surface area contributed by atoms with E-state index in [4.69, 9.17) is 9.47 Å². The molecule has 6 heteroatoms. The number of rotatable bonds is 6. The van der Waals surface area contributed by atoms with Crippen molar-refractivity contribution in [2.24, 2.45) is 5.92 Å². The zero-order chi connectivity index (χ0) is 22.6. The first-order valence-electron chi connectivity index (χ1n) is 11.8. The zero-order valence-corrected chi connectivity index (χ0v) is 19.5. The van der Waals surface area contributed by atoms with E-state index in [-0.39, 0.29) is 28.8 Å². The SMILES string of the molecule is Oc1ccc([C@@H]2Sc3ccc(O)cc3O[C@@H]2C2C=CC(OCCN3CCCCC3)=CC2)cc1. The molecular formula is C27H31NO4S. The van der Waals surface area contributed by atoms with Gasteiger partial charge in [-0.05, 0) is 74.3 Å². The van der Waals surface area contributed by atoms with Crippen molar-refractivity contribution < 1.29 is 19.7 Å². The number of thioether (sulfide) groups is 1. The highest BCUT2D eigenvalue weighted by Crippen LogP contribution is 2.51. The van der Waals surface area contributed by atoms with Gasteiger partial charge in [-0.2, -0.15) is 0 Å². The number of ether oxygens (including phenoxy) is 2. The highest BCUT2D eigenvalue weighted by atomic mass is 32.2. The van der Waals surface area contributed by atoms with E-state index in [1.165, 1.54) is 32.4 Å². The predicted molar refractivity (Wildman–Crippen MR) is 131 cm³/mol. The fourth-order valence-corrected chi connectivity index (χ4v) is 6.10. The molecule has 2 N–H and O–H groups in total. The van der Waals surface area contributed by atoms with Gasteiger partial charge in [-0.1, -0.05) is 24.6 Å². The quantitative estimate of drug-likeness (QED) is 0.574. The van der Waals surface area contributed by atoms with E-state index in [2.05, 4.69) is 23.1 Å². The minimum atomic E-state index is -0.101. The van der Waals surface area contributed by atoms with Gasteiger partial charge >= 0.3 is 0 Å². The van der Waals surface area contributed by atoms with Gasteiger partial charge in [-0.15, -0.1) is 11.8 Å². The van der Waals surface area contributed by atoms with Crippen molar-refractivity contribution >= 4 is 11.8 Å². The van der Waals surface area contributed by atoms with Crippen LogP contribution in [0.1, 0.15) is 36.5 Å². The first-order chi connectivity index (χ1) is 16.2. The molecule has 0 saturated carbocycles. The molecule has 3 atom stereocenters. The summed E-state index contributed by atoms with van der Waals surface area (Å²) in [6, 6.07) is 12.7. The highest BCUT2D eigenvalue weighted by Gasteiger charge is 2.37. The lowest BCUT2D eigenvalue weighted by Crippen LogP contribution is -2.34. The fraction of sp³-hybridized carbons (Fsp3) is 0.407. The number of likely N-dealkylation sites (tertiary alicyclic amines) is 1. The fourth-order valence-electron chi connectivity index (χ4n) is 4.78. The molecule has 0 amide bonds. The van der Waals surface area contributed by atoms with Crippen LogP contribution >= 0.6 is 11.8 Å². The van der Waals surface area contributed by atoms with E-state index in [1.54, 1.807) is 36.0 Å². The molecule has 2 aromatic carbocycles.